The predicted molar refractivity (Wildman–Crippen MR) is 87.7 cm³/mol. The summed E-state index contributed by atoms with van der Waals surface area (Å²) in [5.74, 6) is 0. The van der Waals surface area contributed by atoms with E-state index in [-0.39, 0.29) is 0 Å². The molecule has 0 fully saturated rings. The molecule has 0 aromatic heterocycles. The minimum atomic E-state index is 0.358. The molecule has 0 saturated carbocycles. The van der Waals surface area contributed by atoms with Gasteiger partial charge in [-0.1, -0.05) is 41.9 Å². The molecular weight excluding hydrogens is 286 g/mol. The van der Waals surface area contributed by atoms with Gasteiger partial charge in [0.15, 0.2) is 0 Å². The van der Waals surface area contributed by atoms with Gasteiger partial charge < -0.3 is 5.32 Å². The van der Waals surface area contributed by atoms with Crippen molar-refractivity contribution in [2.24, 2.45) is 0 Å². The van der Waals surface area contributed by atoms with Gasteiger partial charge in [0, 0.05) is 27.8 Å². The zero-order valence-corrected chi connectivity index (χ0v) is 13.0. The fraction of sp³-hybridized carbons (Fsp3) is 0.294. The molecule has 3 rings (SSSR count). The number of nitrogens with one attached hydrogen (secondary N) is 1. The number of hydrogen-bond donors (Lipinski definition) is 1. The third-order valence-electron chi connectivity index (χ3n) is 3.74. The van der Waals surface area contributed by atoms with E-state index < -0.39 is 0 Å². The molecule has 0 bridgehead atoms. The summed E-state index contributed by atoms with van der Waals surface area (Å²) in [4.78, 5) is 1.44. The van der Waals surface area contributed by atoms with Crippen molar-refractivity contribution in [1.82, 2.24) is 5.32 Å². The Balaban J connectivity index is 1.55. The van der Waals surface area contributed by atoms with Crippen LogP contribution in [0.25, 0.3) is 0 Å². The maximum Gasteiger partial charge on any atom is 0.0406 e. The number of hydrogen-bond acceptors (Lipinski definition) is 2. The Morgan fingerprint density at radius 3 is 2.70 bits per heavy atom. The molecule has 1 nitrogen and oxygen atoms in total. The standard InChI is InChI=1S/C17H18ClNS/c1-12(13-6-8-15(18)9-7-13)19-11-16-10-14-4-2-3-5-17(14)20-16/h2-9,12,16,19H,10-11H2,1H3/t12-,16?/m1/s1. The van der Waals surface area contributed by atoms with E-state index in [1.54, 1.807) is 0 Å². The van der Waals surface area contributed by atoms with Crippen molar-refractivity contribution >= 4 is 23.4 Å². The molecule has 0 saturated heterocycles. The van der Waals surface area contributed by atoms with E-state index >= 15 is 0 Å². The van der Waals surface area contributed by atoms with Crippen molar-refractivity contribution in [3.05, 3.63) is 64.7 Å². The second-order valence-electron chi connectivity index (χ2n) is 5.23. The largest absolute Gasteiger partial charge is 0.309 e. The van der Waals surface area contributed by atoms with Crippen LogP contribution in [0.15, 0.2) is 53.4 Å². The van der Waals surface area contributed by atoms with Gasteiger partial charge in [0.2, 0.25) is 0 Å². The van der Waals surface area contributed by atoms with E-state index in [9.17, 15) is 0 Å². The van der Waals surface area contributed by atoms with E-state index in [0.717, 1.165) is 11.6 Å². The zero-order valence-electron chi connectivity index (χ0n) is 11.5. The topological polar surface area (TPSA) is 12.0 Å². The summed E-state index contributed by atoms with van der Waals surface area (Å²) in [6.07, 6.45) is 1.17. The van der Waals surface area contributed by atoms with Gasteiger partial charge in [-0.2, -0.15) is 0 Å². The van der Waals surface area contributed by atoms with E-state index in [4.69, 9.17) is 11.6 Å². The lowest BCUT2D eigenvalue weighted by atomic mass is 10.1. The van der Waals surface area contributed by atoms with Crippen LogP contribution in [0.1, 0.15) is 24.1 Å². The van der Waals surface area contributed by atoms with Crippen LogP contribution in [0.2, 0.25) is 5.02 Å². The lowest BCUT2D eigenvalue weighted by molar-refractivity contribution is 0.567. The molecule has 0 amide bonds. The normalized spacial score (nSPS) is 18.8. The lowest BCUT2D eigenvalue weighted by Gasteiger charge is -2.17. The van der Waals surface area contributed by atoms with Crippen LogP contribution in [-0.4, -0.2) is 11.8 Å². The number of benzene rings is 2. The Morgan fingerprint density at radius 2 is 1.95 bits per heavy atom. The highest BCUT2D eigenvalue weighted by Gasteiger charge is 2.21. The van der Waals surface area contributed by atoms with E-state index in [0.29, 0.717) is 11.3 Å². The molecule has 20 heavy (non-hydrogen) atoms. The Kier molecular flexibility index (Phi) is 4.35. The Labute approximate surface area is 129 Å². The molecule has 1 unspecified atom stereocenters. The molecule has 104 valence electrons. The molecule has 0 radical (unpaired) electrons. The summed E-state index contributed by atoms with van der Waals surface area (Å²) < 4.78 is 0. The third-order valence-corrected chi connectivity index (χ3v) is 5.31. The van der Waals surface area contributed by atoms with Gasteiger partial charge in [-0.05, 0) is 42.7 Å². The molecule has 1 aliphatic heterocycles. The van der Waals surface area contributed by atoms with Crippen LogP contribution < -0.4 is 5.32 Å². The van der Waals surface area contributed by atoms with Crippen molar-refractivity contribution in [3.63, 3.8) is 0 Å². The number of thioether (sulfide) groups is 1. The Bertz CT molecular complexity index is 557. The summed E-state index contributed by atoms with van der Waals surface area (Å²) in [7, 11) is 0. The van der Waals surface area contributed by atoms with Gasteiger partial charge in [0.05, 0.1) is 0 Å². The first-order valence-electron chi connectivity index (χ1n) is 6.96. The van der Waals surface area contributed by atoms with Crippen molar-refractivity contribution < 1.29 is 0 Å². The number of fused-ring (bicyclic) bond motifs is 1. The molecule has 1 aliphatic rings. The van der Waals surface area contributed by atoms with Crippen LogP contribution in [0.3, 0.4) is 0 Å². The monoisotopic (exact) mass is 303 g/mol. The quantitative estimate of drug-likeness (QED) is 0.878. The molecule has 2 aromatic carbocycles. The fourth-order valence-electron chi connectivity index (χ4n) is 2.55. The average molecular weight is 304 g/mol. The Hall–Kier alpha value is -0.960. The first kappa shape index (κ1) is 14.0. The molecule has 0 spiro atoms. The highest BCUT2D eigenvalue weighted by Crippen LogP contribution is 2.36. The van der Waals surface area contributed by atoms with Crippen molar-refractivity contribution in [2.45, 2.75) is 29.5 Å². The summed E-state index contributed by atoms with van der Waals surface area (Å²) >= 11 is 7.92. The van der Waals surface area contributed by atoms with Gasteiger partial charge in [-0.25, -0.2) is 0 Å². The first-order valence-corrected chi connectivity index (χ1v) is 8.21. The number of halogens is 1. The molecule has 3 heteroatoms. The van der Waals surface area contributed by atoms with Crippen LogP contribution in [0.5, 0.6) is 0 Å². The van der Waals surface area contributed by atoms with Gasteiger partial charge in [-0.15, -0.1) is 11.8 Å². The molecule has 1 N–H and O–H groups in total. The van der Waals surface area contributed by atoms with Crippen LogP contribution in [0, 0.1) is 0 Å². The van der Waals surface area contributed by atoms with Gasteiger partial charge in [0.1, 0.15) is 0 Å². The molecular formula is C17H18ClNS. The van der Waals surface area contributed by atoms with Gasteiger partial charge in [-0.3, -0.25) is 0 Å². The predicted octanol–water partition coefficient (Wildman–Crippen LogP) is 4.71. The second-order valence-corrected chi connectivity index (χ2v) is 7.01. The average Bonchev–Trinajstić information content (AvgIpc) is 2.88. The smallest absolute Gasteiger partial charge is 0.0406 e. The number of rotatable bonds is 4. The zero-order chi connectivity index (χ0) is 13.9. The second kappa shape index (κ2) is 6.21. The van der Waals surface area contributed by atoms with Gasteiger partial charge in [0.25, 0.3) is 0 Å². The van der Waals surface area contributed by atoms with Crippen molar-refractivity contribution in [3.8, 4) is 0 Å². The van der Waals surface area contributed by atoms with E-state index in [2.05, 4.69) is 48.6 Å². The molecule has 0 aliphatic carbocycles. The van der Waals surface area contributed by atoms with Gasteiger partial charge >= 0.3 is 0 Å². The summed E-state index contributed by atoms with van der Waals surface area (Å²) in [6.45, 7) is 3.24. The molecule has 2 atom stereocenters. The summed E-state index contributed by atoms with van der Waals surface area (Å²) in [6, 6.07) is 17.2. The maximum absolute atomic E-state index is 5.92. The van der Waals surface area contributed by atoms with E-state index in [1.807, 2.05) is 23.9 Å². The van der Waals surface area contributed by atoms with E-state index in [1.165, 1.54) is 22.4 Å². The first-order chi connectivity index (χ1) is 9.72. The van der Waals surface area contributed by atoms with Crippen molar-refractivity contribution in [2.75, 3.05) is 6.54 Å². The van der Waals surface area contributed by atoms with Crippen LogP contribution in [0.4, 0.5) is 0 Å². The SMILES string of the molecule is C[C@@H](NCC1Cc2ccccc2S1)c1ccc(Cl)cc1. The summed E-state index contributed by atoms with van der Waals surface area (Å²) in [5, 5.41) is 5.07. The maximum atomic E-state index is 5.92. The van der Waals surface area contributed by atoms with Crippen LogP contribution in [-0.2, 0) is 6.42 Å². The lowest BCUT2D eigenvalue weighted by Crippen LogP contribution is -2.27. The highest BCUT2D eigenvalue weighted by atomic mass is 35.5. The van der Waals surface area contributed by atoms with Crippen molar-refractivity contribution in [1.29, 1.82) is 0 Å². The fourth-order valence-corrected chi connectivity index (χ4v) is 3.93. The van der Waals surface area contributed by atoms with Crippen LogP contribution >= 0.6 is 23.4 Å². The minimum Gasteiger partial charge on any atom is -0.309 e. The summed E-state index contributed by atoms with van der Waals surface area (Å²) in [5.41, 5.74) is 2.78. The molecule has 1 heterocycles. The Morgan fingerprint density at radius 1 is 1.20 bits per heavy atom. The molecule has 2 aromatic rings. The minimum absolute atomic E-state index is 0.358. The highest BCUT2D eigenvalue weighted by molar-refractivity contribution is 8.00. The third kappa shape index (κ3) is 3.20.